The molecule has 2 rings (SSSR count). The number of halogens is 1. The van der Waals surface area contributed by atoms with Gasteiger partial charge in [-0.3, -0.25) is 0 Å². The first-order chi connectivity index (χ1) is 9.91. The number of carboxylic acid groups (broad SMARTS) is 1. The normalized spacial score (nSPS) is 18.1. The molecule has 1 unspecified atom stereocenters. The molecule has 1 aromatic rings. The van der Waals surface area contributed by atoms with Gasteiger partial charge in [-0.05, 0) is 30.9 Å². The monoisotopic (exact) mass is 294 g/mol. The van der Waals surface area contributed by atoms with Crippen LogP contribution in [0.15, 0.2) is 18.2 Å². The number of rotatable bonds is 3. The van der Waals surface area contributed by atoms with E-state index in [4.69, 9.17) is 5.11 Å². The SMILES string of the molecule is CC(C)C1CCCN1C(=O)Nc1cccc(F)c1C(=O)O. The number of carbonyl (C=O) groups excluding carboxylic acids is 1. The van der Waals surface area contributed by atoms with Gasteiger partial charge in [0.15, 0.2) is 0 Å². The van der Waals surface area contributed by atoms with E-state index in [0.29, 0.717) is 12.5 Å². The zero-order valence-electron chi connectivity index (χ0n) is 12.1. The lowest BCUT2D eigenvalue weighted by Crippen LogP contribution is -2.41. The number of hydrogen-bond donors (Lipinski definition) is 2. The highest BCUT2D eigenvalue weighted by molar-refractivity contribution is 6.00. The molecular weight excluding hydrogens is 275 g/mol. The molecule has 1 aliphatic heterocycles. The summed E-state index contributed by atoms with van der Waals surface area (Å²) < 4.78 is 13.6. The fourth-order valence-electron chi connectivity index (χ4n) is 2.77. The first-order valence-corrected chi connectivity index (χ1v) is 7.01. The molecule has 0 bridgehead atoms. The van der Waals surface area contributed by atoms with Crippen molar-refractivity contribution in [3.05, 3.63) is 29.6 Å². The minimum atomic E-state index is -1.40. The van der Waals surface area contributed by atoms with Gasteiger partial charge in [0.1, 0.15) is 11.4 Å². The molecule has 1 atom stereocenters. The van der Waals surface area contributed by atoms with E-state index in [0.717, 1.165) is 18.9 Å². The smallest absolute Gasteiger partial charge is 0.340 e. The van der Waals surface area contributed by atoms with Gasteiger partial charge < -0.3 is 15.3 Å². The quantitative estimate of drug-likeness (QED) is 0.899. The molecule has 21 heavy (non-hydrogen) atoms. The summed E-state index contributed by atoms with van der Waals surface area (Å²) >= 11 is 0. The van der Waals surface area contributed by atoms with Crippen LogP contribution in [0, 0.1) is 11.7 Å². The summed E-state index contributed by atoms with van der Waals surface area (Å²) in [5.74, 6) is -1.93. The van der Waals surface area contributed by atoms with Crippen molar-refractivity contribution in [1.82, 2.24) is 4.90 Å². The summed E-state index contributed by atoms with van der Waals surface area (Å²) in [4.78, 5) is 25.1. The highest BCUT2D eigenvalue weighted by Gasteiger charge is 2.31. The van der Waals surface area contributed by atoms with E-state index >= 15 is 0 Å². The molecule has 1 aliphatic rings. The third kappa shape index (κ3) is 3.15. The van der Waals surface area contributed by atoms with Crippen molar-refractivity contribution in [3.8, 4) is 0 Å². The molecule has 0 saturated carbocycles. The second-order valence-electron chi connectivity index (χ2n) is 5.54. The van der Waals surface area contributed by atoms with Crippen LogP contribution < -0.4 is 5.32 Å². The van der Waals surface area contributed by atoms with E-state index < -0.39 is 17.3 Å². The minimum Gasteiger partial charge on any atom is -0.478 e. The van der Waals surface area contributed by atoms with Gasteiger partial charge in [0, 0.05) is 12.6 Å². The van der Waals surface area contributed by atoms with Gasteiger partial charge in [-0.1, -0.05) is 19.9 Å². The van der Waals surface area contributed by atoms with Crippen molar-refractivity contribution in [2.45, 2.75) is 32.7 Å². The molecule has 2 amide bonds. The number of amides is 2. The molecule has 114 valence electrons. The third-order valence-electron chi connectivity index (χ3n) is 3.80. The number of hydrogen-bond acceptors (Lipinski definition) is 2. The first-order valence-electron chi connectivity index (χ1n) is 7.01. The fraction of sp³-hybridized carbons (Fsp3) is 0.467. The van der Waals surface area contributed by atoms with E-state index in [1.54, 1.807) is 4.90 Å². The first kappa shape index (κ1) is 15.3. The molecule has 6 heteroatoms. The van der Waals surface area contributed by atoms with E-state index in [9.17, 15) is 14.0 Å². The van der Waals surface area contributed by atoms with Crippen LogP contribution in [0.5, 0.6) is 0 Å². The Morgan fingerprint density at radius 1 is 1.43 bits per heavy atom. The van der Waals surface area contributed by atoms with Gasteiger partial charge >= 0.3 is 12.0 Å². The van der Waals surface area contributed by atoms with Gasteiger partial charge in [0.25, 0.3) is 0 Å². The van der Waals surface area contributed by atoms with Crippen molar-refractivity contribution in [1.29, 1.82) is 0 Å². The topological polar surface area (TPSA) is 69.6 Å². The second kappa shape index (κ2) is 6.11. The zero-order valence-corrected chi connectivity index (χ0v) is 12.1. The number of carboxylic acids is 1. The Morgan fingerprint density at radius 2 is 2.14 bits per heavy atom. The lowest BCUT2D eigenvalue weighted by Gasteiger charge is -2.28. The average molecular weight is 294 g/mol. The molecule has 2 N–H and O–H groups in total. The molecule has 0 radical (unpaired) electrons. The molecule has 0 aliphatic carbocycles. The Balaban J connectivity index is 2.21. The minimum absolute atomic E-state index is 0.0121. The van der Waals surface area contributed by atoms with Crippen LogP contribution in [0.4, 0.5) is 14.9 Å². The van der Waals surface area contributed by atoms with E-state index in [1.807, 2.05) is 13.8 Å². The van der Waals surface area contributed by atoms with Crippen LogP contribution in [0.3, 0.4) is 0 Å². The Labute approximate surface area is 122 Å². The van der Waals surface area contributed by atoms with E-state index in [-0.39, 0.29) is 17.8 Å². The van der Waals surface area contributed by atoms with Crippen LogP contribution >= 0.6 is 0 Å². The zero-order chi connectivity index (χ0) is 15.6. The predicted octanol–water partition coefficient (Wildman–Crippen LogP) is 3.18. The Kier molecular flexibility index (Phi) is 4.45. The number of likely N-dealkylation sites (tertiary alicyclic amines) is 1. The molecular formula is C15H19FN2O3. The van der Waals surface area contributed by atoms with E-state index in [1.165, 1.54) is 12.1 Å². The van der Waals surface area contributed by atoms with Gasteiger partial charge in [0.05, 0.1) is 5.69 Å². The van der Waals surface area contributed by atoms with Gasteiger partial charge in [-0.15, -0.1) is 0 Å². The van der Waals surface area contributed by atoms with Gasteiger partial charge in [-0.25, -0.2) is 14.0 Å². The number of aromatic carboxylic acids is 1. The van der Waals surface area contributed by atoms with Gasteiger partial charge in [-0.2, -0.15) is 0 Å². The van der Waals surface area contributed by atoms with Crippen LogP contribution in [0.25, 0.3) is 0 Å². The number of carbonyl (C=O) groups is 2. The summed E-state index contributed by atoms with van der Waals surface area (Å²) in [5.41, 5.74) is -0.520. The highest BCUT2D eigenvalue weighted by Crippen LogP contribution is 2.26. The summed E-state index contributed by atoms with van der Waals surface area (Å²) in [6.07, 6.45) is 1.85. The summed E-state index contributed by atoms with van der Waals surface area (Å²) in [5, 5.41) is 11.6. The third-order valence-corrected chi connectivity index (χ3v) is 3.80. The van der Waals surface area contributed by atoms with Crippen LogP contribution in [-0.2, 0) is 0 Å². The number of nitrogens with one attached hydrogen (secondary N) is 1. The average Bonchev–Trinajstić information content (AvgIpc) is 2.87. The van der Waals surface area contributed by atoms with Crippen molar-refractivity contribution in [2.75, 3.05) is 11.9 Å². The summed E-state index contributed by atoms with van der Waals surface area (Å²) in [6, 6.07) is 3.59. The second-order valence-corrected chi connectivity index (χ2v) is 5.54. The number of anilines is 1. The van der Waals surface area contributed by atoms with Crippen molar-refractivity contribution in [3.63, 3.8) is 0 Å². The maximum atomic E-state index is 13.6. The molecule has 1 heterocycles. The number of nitrogens with zero attached hydrogens (tertiary/aromatic N) is 1. The molecule has 0 aromatic heterocycles. The van der Waals surface area contributed by atoms with Gasteiger partial charge in [0.2, 0.25) is 0 Å². The number of benzene rings is 1. The Bertz CT molecular complexity index is 560. The molecule has 1 saturated heterocycles. The fourth-order valence-corrected chi connectivity index (χ4v) is 2.77. The number of urea groups is 1. The lowest BCUT2D eigenvalue weighted by atomic mass is 10.0. The lowest BCUT2D eigenvalue weighted by molar-refractivity contribution is 0.0693. The maximum Gasteiger partial charge on any atom is 0.340 e. The van der Waals surface area contributed by atoms with Crippen molar-refractivity contribution >= 4 is 17.7 Å². The summed E-state index contributed by atoms with van der Waals surface area (Å²) in [7, 11) is 0. The highest BCUT2D eigenvalue weighted by atomic mass is 19.1. The van der Waals surface area contributed by atoms with E-state index in [2.05, 4.69) is 5.32 Å². The molecule has 1 fully saturated rings. The van der Waals surface area contributed by atoms with Crippen LogP contribution in [0.2, 0.25) is 0 Å². The maximum absolute atomic E-state index is 13.6. The molecule has 1 aromatic carbocycles. The molecule has 0 spiro atoms. The van der Waals surface area contributed by atoms with Crippen LogP contribution in [0.1, 0.15) is 37.0 Å². The van der Waals surface area contributed by atoms with Crippen molar-refractivity contribution in [2.24, 2.45) is 5.92 Å². The van der Waals surface area contributed by atoms with Crippen LogP contribution in [-0.4, -0.2) is 34.6 Å². The Hall–Kier alpha value is -2.11. The largest absolute Gasteiger partial charge is 0.478 e. The molecule has 5 nitrogen and oxygen atoms in total. The summed E-state index contributed by atoms with van der Waals surface area (Å²) in [6.45, 7) is 4.72. The Morgan fingerprint density at radius 3 is 2.76 bits per heavy atom. The standard InChI is InChI=1S/C15H19FN2O3/c1-9(2)12-7-4-8-18(12)15(21)17-11-6-3-5-10(16)13(11)14(19)20/h3,5-6,9,12H,4,7-8H2,1-2H3,(H,17,21)(H,19,20). The van der Waals surface area contributed by atoms with Crippen molar-refractivity contribution < 1.29 is 19.1 Å². The predicted molar refractivity (Wildman–Crippen MR) is 76.9 cm³/mol.